The molecular formula is C18H20N4O5. The van der Waals surface area contributed by atoms with E-state index in [1.165, 1.54) is 19.1 Å². The lowest BCUT2D eigenvalue weighted by Crippen LogP contribution is -2.31. The fourth-order valence-corrected chi connectivity index (χ4v) is 2.86. The molecule has 1 heterocycles. The van der Waals surface area contributed by atoms with Crippen LogP contribution in [0.4, 0.5) is 11.4 Å². The first kappa shape index (κ1) is 19.9. The van der Waals surface area contributed by atoms with E-state index in [0.717, 1.165) is 38.4 Å². The topological polar surface area (TPSA) is 140 Å². The Balaban J connectivity index is 2.26. The van der Waals surface area contributed by atoms with Crippen LogP contribution < -0.4 is 10.6 Å². The van der Waals surface area contributed by atoms with E-state index in [4.69, 9.17) is 15.7 Å². The average molecular weight is 372 g/mol. The number of nitro benzene ring substituents is 1. The van der Waals surface area contributed by atoms with Gasteiger partial charge in [-0.25, -0.2) is 4.79 Å². The zero-order valence-electron chi connectivity index (χ0n) is 14.9. The highest BCUT2D eigenvalue weighted by atomic mass is 16.6. The molecule has 0 radical (unpaired) electrons. The summed E-state index contributed by atoms with van der Waals surface area (Å²) >= 11 is 0. The first-order valence-electron chi connectivity index (χ1n) is 8.45. The molecule has 1 aliphatic heterocycles. The summed E-state index contributed by atoms with van der Waals surface area (Å²) in [7, 11) is 0. The number of benzene rings is 1. The van der Waals surface area contributed by atoms with Gasteiger partial charge in [0.2, 0.25) is 5.78 Å². The lowest BCUT2D eigenvalue weighted by molar-refractivity contribution is -0.384. The maximum Gasteiger partial charge on any atom is 0.340 e. The smallest absolute Gasteiger partial charge is 0.340 e. The van der Waals surface area contributed by atoms with Crippen molar-refractivity contribution in [2.45, 2.75) is 26.2 Å². The maximum absolute atomic E-state index is 12.5. The average Bonchev–Trinajstić information content (AvgIpc) is 2.66. The number of nitrogens with zero attached hydrogens (tertiary/aromatic N) is 3. The van der Waals surface area contributed by atoms with E-state index in [9.17, 15) is 19.7 Å². The Labute approximate surface area is 156 Å². The summed E-state index contributed by atoms with van der Waals surface area (Å²) in [5.41, 5.74) is 5.51. The van der Waals surface area contributed by atoms with E-state index in [0.29, 0.717) is 5.69 Å². The minimum atomic E-state index is -0.861. The van der Waals surface area contributed by atoms with Gasteiger partial charge in [-0.3, -0.25) is 14.9 Å². The number of allylic oxidation sites excluding steroid dienone is 1. The lowest BCUT2D eigenvalue weighted by Gasteiger charge is -2.30. The van der Waals surface area contributed by atoms with E-state index in [1.54, 1.807) is 6.07 Å². The van der Waals surface area contributed by atoms with Gasteiger partial charge in [-0.2, -0.15) is 5.26 Å². The summed E-state index contributed by atoms with van der Waals surface area (Å²) in [6, 6.07) is 5.67. The quantitative estimate of drug-likeness (QED) is 0.263. The van der Waals surface area contributed by atoms with Gasteiger partial charge in [0, 0.05) is 30.9 Å². The monoisotopic (exact) mass is 372 g/mol. The number of carbonyl (C=O) groups is 2. The molecule has 0 bridgehead atoms. The number of rotatable bonds is 6. The standard InChI is InChI=1S/C18H20N4O5/c1-12(20)15(10-19)17(23)11-27-18(24)14-9-13(22(25)26)5-6-16(14)21-7-3-2-4-8-21/h5-6,9H,2-4,7-8,11,20H2,1H3/b15-12-. The minimum absolute atomic E-state index is 0.0193. The van der Waals surface area contributed by atoms with Crippen molar-refractivity contribution in [3.63, 3.8) is 0 Å². The molecule has 0 atom stereocenters. The molecule has 0 aromatic heterocycles. The number of nitriles is 1. The molecule has 27 heavy (non-hydrogen) atoms. The van der Waals surface area contributed by atoms with Gasteiger partial charge in [0.05, 0.1) is 16.2 Å². The number of carbonyl (C=O) groups excluding carboxylic acids is 2. The number of non-ortho nitro benzene ring substituents is 1. The van der Waals surface area contributed by atoms with Crippen LogP contribution in [0.1, 0.15) is 36.5 Å². The van der Waals surface area contributed by atoms with Gasteiger partial charge in [-0.15, -0.1) is 0 Å². The second-order valence-corrected chi connectivity index (χ2v) is 6.18. The third-order valence-corrected chi connectivity index (χ3v) is 4.23. The van der Waals surface area contributed by atoms with Crippen LogP contribution in [0, 0.1) is 21.4 Å². The number of ketones is 1. The third kappa shape index (κ3) is 4.82. The van der Waals surface area contributed by atoms with Crippen LogP contribution in [0.3, 0.4) is 0 Å². The van der Waals surface area contributed by atoms with Gasteiger partial charge in [0.25, 0.3) is 5.69 Å². The zero-order valence-corrected chi connectivity index (χ0v) is 14.9. The summed E-state index contributed by atoms with van der Waals surface area (Å²) in [5.74, 6) is -1.59. The van der Waals surface area contributed by atoms with Crippen molar-refractivity contribution in [1.29, 1.82) is 5.26 Å². The van der Waals surface area contributed by atoms with Gasteiger partial charge in [-0.05, 0) is 32.3 Å². The van der Waals surface area contributed by atoms with Gasteiger partial charge in [-0.1, -0.05) is 0 Å². The predicted molar refractivity (Wildman–Crippen MR) is 97.0 cm³/mol. The molecule has 0 saturated carbocycles. The van der Waals surface area contributed by atoms with Gasteiger partial charge in [0.15, 0.2) is 6.61 Å². The second-order valence-electron chi connectivity index (χ2n) is 6.18. The van der Waals surface area contributed by atoms with Crippen LogP contribution in [0.15, 0.2) is 29.5 Å². The van der Waals surface area contributed by atoms with Crippen molar-refractivity contribution in [2.24, 2.45) is 5.73 Å². The summed E-state index contributed by atoms with van der Waals surface area (Å²) in [6.45, 7) is 2.18. The Morgan fingerprint density at radius 3 is 2.56 bits per heavy atom. The summed E-state index contributed by atoms with van der Waals surface area (Å²) in [6.07, 6.45) is 2.99. The normalized spacial score (nSPS) is 14.7. The molecule has 0 amide bonds. The molecule has 9 heteroatoms. The largest absolute Gasteiger partial charge is 0.454 e. The fourth-order valence-electron chi connectivity index (χ4n) is 2.86. The molecule has 0 spiro atoms. The highest BCUT2D eigenvalue weighted by molar-refractivity contribution is 6.03. The number of nitro groups is 1. The van der Waals surface area contributed by atoms with Crippen molar-refractivity contribution in [1.82, 2.24) is 0 Å². The summed E-state index contributed by atoms with van der Waals surface area (Å²) < 4.78 is 5.01. The van der Waals surface area contributed by atoms with Crippen LogP contribution in [0.5, 0.6) is 0 Å². The summed E-state index contributed by atoms with van der Waals surface area (Å²) in [5, 5.41) is 20.0. The van der Waals surface area contributed by atoms with Crippen LogP contribution in [-0.4, -0.2) is 36.4 Å². The predicted octanol–water partition coefficient (Wildman–Crippen LogP) is 2.07. The molecule has 1 aromatic rings. The number of Topliss-reactive ketones (excluding diaryl/α,β-unsaturated/α-hetero) is 1. The van der Waals surface area contributed by atoms with E-state index in [-0.39, 0.29) is 22.5 Å². The molecule has 9 nitrogen and oxygen atoms in total. The molecular weight excluding hydrogens is 352 g/mol. The molecule has 2 rings (SSSR count). The molecule has 1 aromatic carbocycles. The molecule has 0 unspecified atom stereocenters. The van der Waals surface area contributed by atoms with E-state index in [1.807, 2.05) is 4.90 Å². The van der Waals surface area contributed by atoms with Crippen molar-refractivity contribution < 1.29 is 19.2 Å². The zero-order chi connectivity index (χ0) is 20.0. The van der Waals surface area contributed by atoms with Crippen LogP contribution in [0.25, 0.3) is 0 Å². The lowest BCUT2D eigenvalue weighted by atomic mass is 10.1. The van der Waals surface area contributed by atoms with E-state index >= 15 is 0 Å². The number of piperidine rings is 1. The number of nitrogens with two attached hydrogens (primary N) is 1. The van der Waals surface area contributed by atoms with Crippen LogP contribution in [0.2, 0.25) is 0 Å². The Morgan fingerprint density at radius 2 is 2.00 bits per heavy atom. The first-order valence-corrected chi connectivity index (χ1v) is 8.45. The van der Waals surface area contributed by atoms with Gasteiger partial charge >= 0.3 is 5.97 Å². The maximum atomic E-state index is 12.5. The Hall–Kier alpha value is -3.41. The van der Waals surface area contributed by atoms with Crippen molar-refractivity contribution in [3.8, 4) is 6.07 Å². The van der Waals surface area contributed by atoms with E-state index in [2.05, 4.69) is 0 Å². The molecule has 1 aliphatic rings. The Morgan fingerprint density at radius 1 is 1.33 bits per heavy atom. The number of ether oxygens (including phenoxy) is 1. The molecule has 2 N–H and O–H groups in total. The highest BCUT2D eigenvalue weighted by Gasteiger charge is 2.24. The number of hydrogen-bond acceptors (Lipinski definition) is 8. The minimum Gasteiger partial charge on any atom is -0.454 e. The number of esters is 1. The van der Waals surface area contributed by atoms with Crippen LogP contribution in [-0.2, 0) is 9.53 Å². The third-order valence-electron chi connectivity index (χ3n) is 4.23. The second kappa shape index (κ2) is 8.80. The molecule has 1 saturated heterocycles. The highest BCUT2D eigenvalue weighted by Crippen LogP contribution is 2.28. The van der Waals surface area contributed by atoms with Gasteiger partial charge in [0.1, 0.15) is 11.6 Å². The molecule has 142 valence electrons. The van der Waals surface area contributed by atoms with Crippen molar-refractivity contribution >= 4 is 23.1 Å². The van der Waals surface area contributed by atoms with Crippen molar-refractivity contribution in [3.05, 3.63) is 45.1 Å². The van der Waals surface area contributed by atoms with Crippen molar-refractivity contribution in [2.75, 3.05) is 24.6 Å². The van der Waals surface area contributed by atoms with Gasteiger partial charge < -0.3 is 15.4 Å². The number of hydrogen-bond donors (Lipinski definition) is 1. The number of anilines is 1. The summed E-state index contributed by atoms with van der Waals surface area (Å²) in [4.78, 5) is 36.9. The Kier molecular flexibility index (Phi) is 6.49. The van der Waals surface area contributed by atoms with Crippen LogP contribution >= 0.6 is 0 Å². The Bertz CT molecular complexity index is 831. The molecule has 0 aliphatic carbocycles. The fraction of sp³-hybridized carbons (Fsp3) is 0.389. The van der Waals surface area contributed by atoms with E-state index < -0.39 is 23.3 Å². The molecule has 1 fully saturated rings. The SMILES string of the molecule is C/C(N)=C(\C#N)C(=O)COC(=O)c1cc([N+](=O)[O-])ccc1N1CCCCC1. The first-order chi connectivity index (χ1) is 12.8.